The molecule has 0 amide bonds. The van der Waals surface area contributed by atoms with E-state index in [1.165, 1.54) is 12.0 Å². The van der Waals surface area contributed by atoms with E-state index in [4.69, 9.17) is 4.74 Å². The first-order valence-electron chi connectivity index (χ1n) is 6.13. The lowest BCUT2D eigenvalue weighted by Gasteiger charge is -2.45. The zero-order valence-corrected chi connectivity index (χ0v) is 10.0. The highest BCUT2D eigenvalue weighted by Crippen LogP contribution is 2.50. The first-order valence-corrected chi connectivity index (χ1v) is 6.13. The molecule has 0 saturated carbocycles. The van der Waals surface area contributed by atoms with Crippen molar-refractivity contribution in [2.45, 2.75) is 37.6 Å². The molecule has 2 heterocycles. The first-order chi connectivity index (χ1) is 7.66. The maximum absolute atomic E-state index is 5.78. The second-order valence-corrected chi connectivity index (χ2v) is 5.48. The summed E-state index contributed by atoms with van der Waals surface area (Å²) in [6.45, 7) is 6.60. The van der Waals surface area contributed by atoms with Gasteiger partial charge in [-0.2, -0.15) is 0 Å². The molecule has 1 aromatic rings. The summed E-state index contributed by atoms with van der Waals surface area (Å²) >= 11 is 0. The van der Waals surface area contributed by atoms with E-state index in [0.29, 0.717) is 0 Å². The standard InChI is InChI=1S/C14H19NO/c1-13(2)14(7-9-15-13)8-10-16-12-6-4-3-5-11(12)14/h3-6,15H,7-10H2,1-2H3. The van der Waals surface area contributed by atoms with Crippen LogP contribution in [0.15, 0.2) is 24.3 Å². The molecule has 2 aliphatic rings. The lowest BCUT2D eigenvalue weighted by atomic mass is 9.64. The van der Waals surface area contributed by atoms with Gasteiger partial charge in [0.05, 0.1) is 6.61 Å². The van der Waals surface area contributed by atoms with Gasteiger partial charge in [0.1, 0.15) is 5.75 Å². The summed E-state index contributed by atoms with van der Waals surface area (Å²) in [6, 6.07) is 8.53. The Morgan fingerprint density at radius 3 is 2.75 bits per heavy atom. The predicted octanol–water partition coefficient (Wildman–Crippen LogP) is 2.48. The number of para-hydroxylation sites is 1. The van der Waals surface area contributed by atoms with Crippen molar-refractivity contribution in [3.05, 3.63) is 29.8 Å². The molecule has 2 heteroatoms. The number of nitrogens with one attached hydrogen (secondary N) is 1. The van der Waals surface area contributed by atoms with E-state index in [0.717, 1.165) is 25.3 Å². The van der Waals surface area contributed by atoms with Gasteiger partial charge in [-0.25, -0.2) is 0 Å². The Labute approximate surface area is 97.0 Å². The van der Waals surface area contributed by atoms with Crippen molar-refractivity contribution >= 4 is 0 Å². The van der Waals surface area contributed by atoms with Crippen LogP contribution in [0, 0.1) is 0 Å². The lowest BCUT2D eigenvalue weighted by Crippen LogP contribution is -2.51. The molecule has 1 fully saturated rings. The number of hydrogen-bond donors (Lipinski definition) is 1. The molecular weight excluding hydrogens is 198 g/mol. The number of ether oxygens (including phenoxy) is 1. The number of hydrogen-bond acceptors (Lipinski definition) is 2. The van der Waals surface area contributed by atoms with Crippen molar-refractivity contribution in [3.63, 3.8) is 0 Å². The highest BCUT2D eigenvalue weighted by atomic mass is 16.5. The smallest absolute Gasteiger partial charge is 0.123 e. The minimum absolute atomic E-state index is 0.173. The zero-order valence-electron chi connectivity index (χ0n) is 10.0. The van der Waals surface area contributed by atoms with E-state index in [2.05, 4.69) is 43.4 Å². The van der Waals surface area contributed by atoms with Gasteiger partial charge in [0, 0.05) is 16.5 Å². The summed E-state index contributed by atoms with van der Waals surface area (Å²) < 4.78 is 5.78. The molecule has 16 heavy (non-hydrogen) atoms. The van der Waals surface area contributed by atoms with Crippen LogP contribution in [-0.2, 0) is 5.41 Å². The number of rotatable bonds is 0. The minimum Gasteiger partial charge on any atom is -0.493 e. The van der Waals surface area contributed by atoms with Gasteiger partial charge in [0.25, 0.3) is 0 Å². The van der Waals surface area contributed by atoms with Gasteiger partial charge in [-0.15, -0.1) is 0 Å². The van der Waals surface area contributed by atoms with Gasteiger partial charge in [-0.1, -0.05) is 18.2 Å². The fraction of sp³-hybridized carbons (Fsp3) is 0.571. The summed E-state index contributed by atoms with van der Waals surface area (Å²) in [7, 11) is 0. The Bertz CT molecular complexity index is 413. The summed E-state index contributed by atoms with van der Waals surface area (Å²) in [4.78, 5) is 0. The Hall–Kier alpha value is -1.02. The van der Waals surface area contributed by atoms with Crippen LogP contribution < -0.4 is 10.1 Å². The molecule has 0 aromatic heterocycles. The molecule has 2 aliphatic heterocycles. The van der Waals surface area contributed by atoms with Gasteiger partial charge in [0.2, 0.25) is 0 Å². The molecule has 0 aliphatic carbocycles. The molecular formula is C14H19NO. The Kier molecular flexibility index (Phi) is 2.05. The molecule has 1 saturated heterocycles. The molecule has 0 bridgehead atoms. The minimum atomic E-state index is 0.173. The Morgan fingerprint density at radius 2 is 2.00 bits per heavy atom. The number of benzene rings is 1. The first kappa shape index (κ1) is 10.2. The van der Waals surface area contributed by atoms with Crippen LogP contribution in [0.25, 0.3) is 0 Å². The molecule has 1 unspecified atom stereocenters. The van der Waals surface area contributed by atoms with Crippen molar-refractivity contribution in [1.82, 2.24) is 5.32 Å². The molecule has 86 valence electrons. The van der Waals surface area contributed by atoms with Crippen molar-refractivity contribution in [2.75, 3.05) is 13.2 Å². The third-order valence-corrected chi connectivity index (χ3v) is 4.50. The molecule has 2 nitrogen and oxygen atoms in total. The van der Waals surface area contributed by atoms with Crippen molar-refractivity contribution in [3.8, 4) is 5.75 Å². The van der Waals surface area contributed by atoms with Gasteiger partial charge < -0.3 is 10.1 Å². The summed E-state index contributed by atoms with van der Waals surface area (Å²) in [5, 5.41) is 3.64. The van der Waals surface area contributed by atoms with Gasteiger partial charge in [-0.05, 0) is 39.3 Å². The fourth-order valence-corrected chi connectivity index (χ4v) is 3.44. The van der Waals surface area contributed by atoms with E-state index in [-0.39, 0.29) is 11.0 Å². The van der Waals surface area contributed by atoms with Crippen LogP contribution in [0.5, 0.6) is 5.75 Å². The van der Waals surface area contributed by atoms with Crippen molar-refractivity contribution in [1.29, 1.82) is 0 Å². The largest absolute Gasteiger partial charge is 0.493 e. The molecule has 1 aromatic carbocycles. The Balaban J connectivity index is 2.17. The van der Waals surface area contributed by atoms with Crippen LogP contribution >= 0.6 is 0 Å². The van der Waals surface area contributed by atoms with Gasteiger partial charge in [0.15, 0.2) is 0 Å². The quantitative estimate of drug-likeness (QED) is 0.721. The van der Waals surface area contributed by atoms with Crippen LogP contribution in [0.4, 0.5) is 0 Å². The number of fused-ring (bicyclic) bond motifs is 2. The van der Waals surface area contributed by atoms with E-state index >= 15 is 0 Å². The SMILES string of the molecule is CC1(C)NCCC12CCOc1ccccc12. The average molecular weight is 217 g/mol. The third-order valence-electron chi connectivity index (χ3n) is 4.50. The van der Waals surface area contributed by atoms with Gasteiger partial charge >= 0.3 is 0 Å². The second kappa shape index (κ2) is 3.24. The lowest BCUT2D eigenvalue weighted by molar-refractivity contribution is 0.164. The third kappa shape index (κ3) is 1.17. The van der Waals surface area contributed by atoms with Crippen LogP contribution in [0.2, 0.25) is 0 Å². The average Bonchev–Trinajstić information content (AvgIpc) is 2.56. The zero-order chi connectivity index (χ0) is 11.2. The van der Waals surface area contributed by atoms with E-state index in [9.17, 15) is 0 Å². The highest BCUT2D eigenvalue weighted by Gasteiger charge is 2.52. The maximum atomic E-state index is 5.78. The predicted molar refractivity (Wildman–Crippen MR) is 64.9 cm³/mol. The van der Waals surface area contributed by atoms with Crippen LogP contribution in [0.1, 0.15) is 32.3 Å². The second-order valence-electron chi connectivity index (χ2n) is 5.48. The summed E-state index contributed by atoms with van der Waals surface area (Å²) in [6.07, 6.45) is 2.35. The molecule has 1 atom stereocenters. The topological polar surface area (TPSA) is 21.3 Å². The normalized spacial score (nSPS) is 31.1. The van der Waals surface area contributed by atoms with E-state index < -0.39 is 0 Å². The summed E-state index contributed by atoms with van der Waals surface area (Å²) in [5.74, 6) is 1.09. The van der Waals surface area contributed by atoms with Gasteiger partial charge in [-0.3, -0.25) is 0 Å². The van der Waals surface area contributed by atoms with E-state index in [1.54, 1.807) is 0 Å². The van der Waals surface area contributed by atoms with Crippen LogP contribution in [-0.4, -0.2) is 18.7 Å². The molecule has 0 radical (unpaired) electrons. The summed E-state index contributed by atoms with van der Waals surface area (Å²) in [5.41, 5.74) is 1.84. The molecule has 1 spiro atoms. The highest BCUT2D eigenvalue weighted by molar-refractivity contribution is 5.45. The van der Waals surface area contributed by atoms with Crippen LogP contribution in [0.3, 0.4) is 0 Å². The monoisotopic (exact) mass is 217 g/mol. The van der Waals surface area contributed by atoms with E-state index in [1.807, 2.05) is 0 Å². The molecule has 3 rings (SSSR count). The van der Waals surface area contributed by atoms with Crippen molar-refractivity contribution in [2.24, 2.45) is 0 Å². The maximum Gasteiger partial charge on any atom is 0.123 e. The molecule has 1 N–H and O–H groups in total. The fourth-order valence-electron chi connectivity index (χ4n) is 3.44. The Morgan fingerprint density at radius 1 is 1.19 bits per heavy atom. The van der Waals surface area contributed by atoms with Crippen molar-refractivity contribution < 1.29 is 4.74 Å².